The molecule has 0 aliphatic rings. The molecule has 0 atom stereocenters. The van der Waals surface area contributed by atoms with Gasteiger partial charge in [-0.3, -0.25) is 0 Å². The first-order valence-electron chi connectivity index (χ1n) is 3.42. The van der Waals surface area contributed by atoms with Gasteiger partial charge in [-0.05, 0) is 13.8 Å². The molecule has 0 aliphatic carbocycles. The third kappa shape index (κ3) is 9.77. The van der Waals surface area contributed by atoms with Gasteiger partial charge in [-0.1, -0.05) is 11.8 Å². The molecule has 0 saturated carbocycles. The molecule has 0 aliphatic heterocycles. The Morgan fingerprint density at radius 1 is 1.55 bits per heavy atom. The first kappa shape index (κ1) is 10.8. The molecule has 1 N–H and O–H groups in total. The summed E-state index contributed by atoms with van der Waals surface area (Å²) in [6, 6.07) is 0. The Labute approximate surface area is 72.5 Å². The van der Waals surface area contributed by atoms with Crippen molar-refractivity contribution in [1.29, 1.82) is 0 Å². The predicted molar refractivity (Wildman–Crippen MR) is 45.6 cm³/mol. The Morgan fingerprint density at radius 3 is 2.64 bits per heavy atom. The zero-order chi connectivity index (χ0) is 8.74. The largest absolute Gasteiger partial charge is 0.378 e. The second-order valence-electron chi connectivity index (χ2n) is 2.60. The second-order valence-corrected chi connectivity index (χ2v) is 2.98. The van der Waals surface area contributed by atoms with Crippen molar-refractivity contribution in [2.75, 3.05) is 19.1 Å². The van der Waals surface area contributed by atoms with Crippen molar-refractivity contribution in [2.45, 2.75) is 19.4 Å². The topological polar surface area (TPSA) is 29.5 Å². The molecule has 11 heavy (non-hydrogen) atoms. The van der Waals surface area contributed by atoms with E-state index in [9.17, 15) is 0 Å². The van der Waals surface area contributed by atoms with Crippen LogP contribution in [-0.4, -0.2) is 29.8 Å². The number of hydrogen-bond acceptors (Lipinski definition) is 2. The van der Waals surface area contributed by atoms with Gasteiger partial charge in [0.25, 0.3) is 0 Å². The van der Waals surface area contributed by atoms with E-state index in [0.717, 1.165) is 0 Å². The van der Waals surface area contributed by atoms with Gasteiger partial charge in [0.2, 0.25) is 0 Å². The zero-order valence-corrected chi connectivity index (χ0v) is 7.61. The monoisotopic (exact) mass is 176 g/mol. The van der Waals surface area contributed by atoms with Crippen LogP contribution in [0.15, 0.2) is 0 Å². The fourth-order valence-corrected chi connectivity index (χ4v) is 0.539. The first-order valence-corrected chi connectivity index (χ1v) is 3.96. The van der Waals surface area contributed by atoms with E-state index < -0.39 is 5.60 Å². The fourth-order valence-electron chi connectivity index (χ4n) is 0.430. The lowest BCUT2D eigenvalue weighted by Crippen LogP contribution is -2.14. The maximum Gasteiger partial charge on any atom is 0.120 e. The standard InChI is InChI=1S/C8H13ClO2/c1-8(2,10)4-3-6-11-7-5-9/h10H,5-7H2,1-2H3. The van der Waals surface area contributed by atoms with Gasteiger partial charge in [0.05, 0.1) is 6.61 Å². The van der Waals surface area contributed by atoms with Crippen LogP contribution in [0, 0.1) is 11.8 Å². The van der Waals surface area contributed by atoms with E-state index in [1.807, 2.05) is 0 Å². The highest BCUT2D eigenvalue weighted by atomic mass is 35.5. The smallest absolute Gasteiger partial charge is 0.120 e. The molecule has 0 heterocycles. The van der Waals surface area contributed by atoms with E-state index in [-0.39, 0.29) is 0 Å². The summed E-state index contributed by atoms with van der Waals surface area (Å²) in [4.78, 5) is 0. The lowest BCUT2D eigenvalue weighted by molar-refractivity contribution is 0.142. The van der Waals surface area contributed by atoms with Gasteiger partial charge >= 0.3 is 0 Å². The van der Waals surface area contributed by atoms with Crippen molar-refractivity contribution in [1.82, 2.24) is 0 Å². The third-order valence-electron chi connectivity index (χ3n) is 0.790. The van der Waals surface area contributed by atoms with E-state index in [1.54, 1.807) is 13.8 Å². The molecule has 0 fully saturated rings. The van der Waals surface area contributed by atoms with E-state index in [4.69, 9.17) is 21.4 Å². The summed E-state index contributed by atoms with van der Waals surface area (Å²) in [7, 11) is 0. The zero-order valence-electron chi connectivity index (χ0n) is 6.85. The van der Waals surface area contributed by atoms with E-state index in [1.165, 1.54) is 0 Å². The molecular formula is C8H13ClO2. The summed E-state index contributed by atoms with van der Waals surface area (Å²) in [5.74, 6) is 5.77. The first-order chi connectivity index (χ1) is 5.06. The minimum Gasteiger partial charge on any atom is -0.378 e. The number of aliphatic hydroxyl groups is 1. The van der Waals surface area contributed by atoms with Gasteiger partial charge in [-0.15, -0.1) is 11.6 Å². The van der Waals surface area contributed by atoms with Crippen molar-refractivity contribution in [3.05, 3.63) is 0 Å². The molecule has 0 saturated heterocycles. The summed E-state index contributed by atoms with van der Waals surface area (Å²) in [5.41, 5.74) is -0.926. The van der Waals surface area contributed by atoms with Gasteiger partial charge in [0, 0.05) is 5.88 Å². The summed E-state index contributed by atoms with van der Waals surface area (Å²) in [5, 5.41) is 9.12. The number of hydrogen-bond donors (Lipinski definition) is 1. The van der Waals surface area contributed by atoms with Gasteiger partial charge in [0.15, 0.2) is 0 Å². The van der Waals surface area contributed by atoms with Gasteiger partial charge in [-0.2, -0.15) is 0 Å². The highest BCUT2D eigenvalue weighted by Gasteiger charge is 2.04. The van der Waals surface area contributed by atoms with Crippen molar-refractivity contribution in [3.8, 4) is 11.8 Å². The molecule has 0 spiro atoms. The Kier molecular flexibility index (Phi) is 5.31. The van der Waals surface area contributed by atoms with Crippen molar-refractivity contribution < 1.29 is 9.84 Å². The van der Waals surface area contributed by atoms with Gasteiger partial charge in [-0.25, -0.2) is 0 Å². The summed E-state index contributed by atoms with van der Waals surface area (Å²) < 4.78 is 4.96. The molecule has 0 unspecified atom stereocenters. The predicted octanol–water partition coefficient (Wildman–Crippen LogP) is 1.02. The van der Waals surface area contributed by atoms with Crippen LogP contribution in [0.3, 0.4) is 0 Å². The molecular weight excluding hydrogens is 164 g/mol. The molecule has 0 amide bonds. The number of ether oxygens (including phenoxy) is 1. The van der Waals surface area contributed by atoms with Crippen molar-refractivity contribution >= 4 is 11.6 Å². The molecule has 0 aromatic carbocycles. The van der Waals surface area contributed by atoms with Crippen LogP contribution < -0.4 is 0 Å². The SMILES string of the molecule is CC(C)(O)C#CCOCCCl. The second kappa shape index (κ2) is 5.42. The fraction of sp³-hybridized carbons (Fsp3) is 0.750. The van der Waals surface area contributed by atoms with Crippen LogP contribution in [-0.2, 0) is 4.74 Å². The molecule has 0 bridgehead atoms. The molecule has 0 aromatic rings. The highest BCUT2D eigenvalue weighted by Crippen LogP contribution is 1.95. The van der Waals surface area contributed by atoms with Crippen LogP contribution in [0.1, 0.15) is 13.8 Å². The highest BCUT2D eigenvalue weighted by molar-refractivity contribution is 6.17. The van der Waals surface area contributed by atoms with Crippen LogP contribution in [0.25, 0.3) is 0 Å². The molecule has 3 heteroatoms. The maximum absolute atomic E-state index is 9.12. The minimum atomic E-state index is -0.926. The Morgan fingerprint density at radius 2 is 2.18 bits per heavy atom. The minimum absolute atomic E-state index is 0.330. The van der Waals surface area contributed by atoms with Gasteiger partial charge < -0.3 is 9.84 Å². The Hall–Kier alpha value is -0.230. The number of alkyl halides is 1. The van der Waals surface area contributed by atoms with Crippen molar-refractivity contribution in [3.63, 3.8) is 0 Å². The molecule has 0 radical (unpaired) electrons. The molecule has 0 aromatic heterocycles. The van der Waals surface area contributed by atoms with Gasteiger partial charge in [0.1, 0.15) is 12.2 Å². The average Bonchev–Trinajstić information content (AvgIpc) is 1.85. The Bertz CT molecular complexity index is 150. The quantitative estimate of drug-likeness (QED) is 0.395. The molecule has 64 valence electrons. The van der Waals surface area contributed by atoms with Crippen LogP contribution in [0.2, 0.25) is 0 Å². The van der Waals surface area contributed by atoms with Crippen LogP contribution in [0.4, 0.5) is 0 Å². The number of rotatable bonds is 3. The lowest BCUT2D eigenvalue weighted by atomic mass is 10.1. The molecule has 0 rings (SSSR count). The Balaban J connectivity index is 3.41. The number of halogens is 1. The summed E-state index contributed by atoms with van der Waals surface area (Å²) in [6.07, 6.45) is 0. The van der Waals surface area contributed by atoms with E-state index in [0.29, 0.717) is 19.1 Å². The summed E-state index contributed by atoms with van der Waals surface area (Å²) >= 11 is 5.35. The van der Waals surface area contributed by atoms with Crippen LogP contribution >= 0.6 is 11.6 Å². The third-order valence-corrected chi connectivity index (χ3v) is 0.944. The van der Waals surface area contributed by atoms with E-state index in [2.05, 4.69) is 11.8 Å². The maximum atomic E-state index is 9.12. The van der Waals surface area contributed by atoms with Crippen LogP contribution in [0.5, 0.6) is 0 Å². The lowest BCUT2D eigenvalue weighted by Gasteiger charge is -2.05. The van der Waals surface area contributed by atoms with E-state index >= 15 is 0 Å². The normalized spacial score (nSPS) is 10.5. The molecule has 2 nitrogen and oxygen atoms in total. The van der Waals surface area contributed by atoms with Crippen molar-refractivity contribution in [2.24, 2.45) is 0 Å². The summed E-state index contributed by atoms with van der Waals surface area (Å²) in [6.45, 7) is 4.09. The average molecular weight is 177 g/mol.